The number of piperidine rings is 1. The second kappa shape index (κ2) is 3.18. The van der Waals surface area contributed by atoms with Crippen LogP contribution in [-0.4, -0.2) is 29.3 Å². The van der Waals surface area contributed by atoms with Crippen LogP contribution < -0.4 is 0 Å². The molecule has 0 radical (unpaired) electrons. The van der Waals surface area contributed by atoms with Gasteiger partial charge in [-0.25, -0.2) is 0 Å². The minimum Gasteiger partial charge on any atom is -0.378 e. The Bertz CT molecular complexity index is 85.0. The van der Waals surface area contributed by atoms with Gasteiger partial charge in [-0.15, -0.1) is 0 Å². The number of rotatable bonds is 1. The monoisotopic (exact) mass is 129 g/mol. The van der Waals surface area contributed by atoms with E-state index in [4.69, 9.17) is 0 Å². The highest BCUT2D eigenvalue weighted by atomic mass is 16.3. The predicted molar refractivity (Wildman–Crippen MR) is 37.1 cm³/mol. The summed E-state index contributed by atoms with van der Waals surface area (Å²) in [5, 5.41) is 9.29. The van der Waals surface area contributed by atoms with Crippen LogP contribution in [-0.2, 0) is 0 Å². The summed E-state index contributed by atoms with van der Waals surface area (Å²) in [6.45, 7) is 4.16. The normalized spacial score (nSPS) is 30.7. The second-order valence-electron chi connectivity index (χ2n) is 2.60. The zero-order valence-corrected chi connectivity index (χ0v) is 6.01. The maximum Gasteiger partial charge on any atom is 0.107 e. The largest absolute Gasteiger partial charge is 0.378 e. The molecule has 0 spiro atoms. The van der Waals surface area contributed by atoms with E-state index < -0.39 is 0 Å². The minimum absolute atomic E-state index is 0.149. The van der Waals surface area contributed by atoms with E-state index in [2.05, 4.69) is 11.8 Å². The highest BCUT2D eigenvalue weighted by Crippen LogP contribution is 2.13. The summed E-state index contributed by atoms with van der Waals surface area (Å²) in [6, 6.07) is 0. The zero-order chi connectivity index (χ0) is 6.69. The van der Waals surface area contributed by atoms with Crippen molar-refractivity contribution in [3.8, 4) is 0 Å². The maximum atomic E-state index is 9.29. The van der Waals surface area contributed by atoms with Crippen LogP contribution in [0, 0.1) is 0 Å². The van der Waals surface area contributed by atoms with Gasteiger partial charge in [-0.3, -0.25) is 4.90 Å². The van der Waals surface area contributed by atoms with E-state index in [0.29, 0.717) is 0 Å². The molecule has 1 saturated heterocycles. The van der Waals surface area contributed by atoms with Crippen molar-refractivity contribution >= 4 is 0 Å². The third-order valence-corrected chi connectivity index (χ3v) is 1.99. The lowest BCUT2D eigenvalue weighted by Gasteiger charge is -2.30. The van der Waals surface area contributed by atoms with Crippen molar-refractivity contribution in [2.45, 2.75) is 32.4 Å². The van der Waals surface area contributed by atoms with Gasteiger partial charge in [0.2, 0.25) is 0 Å². The van der Waals surface area contributed by atoms with Crippen molar-refractivity contribution in [3.05, 3.63) is 0 Å². The summed E-state index contributed by atoms with van der Waals surface area (Å²) in [5.74, 6) is 0. The molecule has 1 unspecified atom stereocenters. The molecule has 0 bridgehead atoms. The van der Waals surface area contributed by atoms with Crippen molar-refractivity contribution in [2.24, 2.45) is 0 Å². The van der Waals surface area contributed by atoms with Crippen molar-refractivity contribution < 1.29 is 5.11 Å². The third kappa shape index (κ3) is 1.66. The fourth-order valence-corrected chi connectivity index (χ4v) is 1.34. The molecular weight excluding hydrogens is 114 g/mol. The van der Waals surface area contributed by atoms with Crippen LogP contribution in [0.1, 0.15) is 26.2 Å². The molecule has 1 heterocycles. The first kappa shape index (κ1) is 7.03. The average molecular weight is 129 g/mol. The van der Waals surface area contributed by atoms with Crippen LogP contribution in [0.2, 0.25) is 0 Å². The van der Waals surface area contributed by atoms with Gasteiger partial charge in [-0.2, -0.15) is 0 Å². The van der Waals surface area contributed by atoms with Gasteiger partial charge in [0.15, 0.2) is 0 Å². The third-order valence-electron chi connectivity index (χ3n) is 1.99. The molecule has 1 N–H and O–H groups in total. The molecule has 2 heteroatoms. The molecule has 0 amide bonds. The van der Waals surface area contributed by atoms with Crippen LogP contribution >= 0.6 is 0 Å². The Kier molecular flexibility index (Phi) is 2.49. The number of aliphatic hydroxyl groups excluding tert-OH is 1. The number of likely N-dealkylation sites (tertiary alicyclic amines) is 1. The van der Waals surface area contributed by atoms with E-state index in [9.17, 15) is 5.11 Å². The molecule has 0 aromatic rings. The molecule has 0 aromatic carbocycles. The summed E-state index contributed by atoms with van der Waals surface area (Å²) in [6.07, 6.45) is 3.26. The first-order valence-electron chi connectivity index (χ1n) is 3.76. The van der Waals surface area contributed by atoms with Crippen LogP contribution in [0.25, 0.3) is 0 Å². The van der Waals surface area contributed by atoms with E-state index in [-0.39, 0.29) is 6.23 Å². The molecular formula is C7H15NO. The van der Waals surface area contributed by atoms with E-state index in [1.54, 1.807) is 0 Å². The lowest BCUT2D eigenvalue weighted by Crippen LogP contribution is -2.38. The molecule has 2 nitrogen and oxygen atoms in total. The number of aliphatic hydroxyl groups is 1. The first-order chi connectivity index (χ1) is 4.34. The summed E-state index contributed by atoms with van der Waals surface area (Å²) in [5.41, 5.74) is 0. The van der Waals surface area contributed by atoms with Gasteiger partial charge in [-0.1, -0.05) is 6.92 Å². The van der Waals surface area contributed by atoms with E-state index in [1.807, 2.05) is 0 Å². The molecule has 1 rings (SSSR count). The van der Waals surface area contributed by atoms with Gasteiger partial charge >= 0.3 is 0 Å². The Morgan fingerprint density at radius 1 is 1.56 bits per heavy atom. The van der Waals surface area contributed by atoms with Gasteiger partial charge in [0.25, 0.3) is 0 Å². The van der Waals surface area contributed by atoms with Crippen molar-refractivity contribution in [1.29, 1.82) is 0 Å². The van der Waals surface area contributed by atoms with Gasteiger partial charge in [-0.05, 0) is 25.8 Å². The van der Waals surface area contributed by atoms with Gasteiger partial charge < -0.3 is 5.11 Å². The van der Waals surface area contributed by atoms with Crippen molar-refractivity contribution in [1.82, 2.24) is 4.90 Å². The number of hydrogen-bond acceptors (Lipinski definition) is 2. The standard InChI is InChI=1S/C7H15NO/c1-2-8-6-4-3-5-7(8)9/h7,9H,2-6H2,1H3. The molecule has 1 fully saturated rings. The Hall–Kier alpha value is -0.0800. The van der Waals surface area contributed by atoms with Crippen LogP contribution in [0.4, 0.5) is 0 Å². The van der Waals surface area contributed by atoms with Crippen LogP contribution in [0.15, 0.2) is 0 Å². The summed E-state index contributed by atoms with van der Waals surface area (Å²) < 4.78 is 0. The Balaban J connectivity index is 2.30. The molecule has 54 valence electrons. The molecule has 1 atom stereocenters. The quantitative estimate of drug-likeness (QED) is 0.566. The molecule has 0 saturated carbocycles. The highest BCUT2D eigenvalue weighted by molar-refractivity contribution is 4.66. The second-order valence-corrected chi connectivity index (χ2v) is 2.60. The summed E-state index contributed by atoms with van der Waals surface area (Å²) in [7, 11) is 0. The lowest BCUT2D eigenvalue weighted by atomic mass is 10.1. The van der Waals surface area contributed by atoms with Crippen molar-refractivity contribution in [3.63, 3.8) is 0 Å². The summed E-state index contributed by atoms with van der Waals surface area (Å²) >= 11 is 0. The maximum absolute atomic E-state index is 9.29. The van der Waals surface area contributed by atoms with Gasteiger partial charge in [0.1, 0.15) is 6.23 Å². The fraction of sp³-hybridized carbons (Fsp3) is 1.00. The highest BCUT2D eigenvalue weighted by Gasteiger charge is 2.16. The molecule has 1 aliphatic heterocycles. The predicted octanol–water partition coefficient (Wildman–Crippen LogP) is 0.811. The van der Waals surface area contributed by atoms with Crippen LogP contribution in [0.3, 0.4) is 0 Å². The average Bonchev–Trinajstić information content (AvgIpc) is 1.89. The van der Waals surface area contributed by atoms with Crippen LogP contribution in [0.5, 0.6) is 0 Å². The van der Waals surface area contributed by atoms with Crippen molar-refractivity contribution in [2.75, 3.05) is 13.1 Å². The van der Waals surface area contributed by atoms with E-state index in [1.165, 1.54) is 12.8 Å². The summed E-state index contributed by atoms with van der Waals surface area (Å²) in [4.78, 5) is 2.11. The Morgan fingerprint density at radius 2 is 2.33 bits per heavy atom. The fourth-order valence-electron chi connectivity index (χ4n) is 1.34. The Morgan fingerprint density at radius 3 is 2.78 bits per heavy atom. The molecule has 9 heavy (non-hydrogen) atoms. The van der Waals surface area contributed by atoms with E-state index in [0.717, 1.165) is 19.5 Å². The van der Waals surface area contributed by atoms with E-state index >= 15 is 0 Å². The SMILES string of the molecule is CCN1CCCCC1O. The Labute approximate surface area is 56.5 Å². The number of hydrogen-bond donors (Lipinski definition) is 1. The topological polar surface area (TPSA) is 23.5 Å². The first-order valence-corrected chi connectivity index (χ1v) is 3.76. The van der Waals surface area contributed by atoms with Gasteiger partial charge in [0, 0.05) is 6.54 Å². The molecule has 1 aliphatic rings. The van der Waals surface area contributed by atoms with Gasteiger partial charge in [0.05, 0.1) is 0 Å². The molecule has 0 aliphatic carbocycles. The molecule has 0 aromatic heterocycles. The number of nitrogens with zero attached hydrogens (tertiary/aromatic N) is 1. The lowest BCUT2D eigenvalue weighted by molar-refractivity contribution is -0.0200. The zero-order valence-electron chi connectivity index (χ0n) is 6.01. The minimum atomic E-state index is -0.149. The smallest absolute Gasteiger partial charge is 0.107 e.